The van der Waals surface area contributed by atoms with Crippen molar-refractivity contribution in [3.63, 3.8) is 0 Å². The van der Waals surface area contributed by atoms with Gasteiger partial charge in [-0.2, -0.15) is 0 Å². The monoisotopic (exact) mass is 241 g/mol. The molecule has 0 spiro atoms. The van der Waals surface area contributed by atoms with Crippen molar-refractivity contribution in [2.75, 3.05) is 26.1 Å². The Bertz CT molecular complexity index is 355. The molecule has 1 atom stereocenters. The van der Waals surface area contributed by atoms with Gasteiger partial charge in [0, 0.05) is 18.9 Å². The van der Waals surface area contributed by atoms with E-state index < -0.39 is 0 Å². The summed E-state index contributed by atoms with van der Waals surface area (Å²) in [5, 5.41) is 3.25. The Balaban J connectivity index is 2.76. The second-order valence-corrected chi connectivity index (χ2v) is 4.30. The molecule has 0 amide bonds. The highest BCUT2D eigenvalue weighted by Gasteiger charge is 2.13. The van der Waals surface area contributed by atoms with Crippen LogP contribution < -0.4 is 10.1 Å². The van der Waals surface area contributed by atoms with Crippen LogP contribution in [-0.4, -0.2) is 26.9 Å². The molecular weight excluding hydrogens is 221 g/mol. The zero-order valence-electron chi connectivity index (χ0n) is 10.8. The molecule has 0 aromatic heterocycles. The van der Waals surface area contributed by atoms with Crippen molar-refractivity contribution in [2.24, 2.45) is 5.92 Å². The smallest absolute Gasteiger partial charge is 0.167 e. The van der Waals surface area contributed by atoms with Crippen LogP contribution in [0.4, 0.5) is 10.1 Å². The van der Waals surface area contributed by atoms with Gasteiger partial charge in [0.25, 0.3) is 0 Å². The molecular formula is C13H20FNO2. The van der Waals surface area contributed by atoms with Gasteiger partial charge in [-0.25, -0.2) is 4.39 Å². The first-order valence-electron chi connectivity index (χ1n) is 5.67. The summed E-state index contributed by atoms with van der Waals surface area (Å²) in [6.45, 7) is 4.78. The number of benzene rings is 1. The fourth-order valence-corrected chi connectivity index (χ4v) is 1.55. The van der Waals surface area contributed by atoms with Crippen LogP contribution in [0.1, 0.15) is 13.8 Å². The fraction of sp³-hybridized carbons (Fsp3) is 0.538. The largest absolute Gasteiger partial charge is 0.494 e. The van der Waals surface area contributed by atoms with Crippen LogP contribution >= 0.6 is 0 Å². The van der Waals surface area contributed by atoms with Gasteiger partial charge in [-0.1, -0.05) is 13.8 Å². The number of methoxy groups -OCH3 is 2. The minimum atomic E-state index is -0.363. The van der Waals surface area contributed by atoms with E-state index in [1.54, 1.807) is 19.2 Å². The molecule has 96 valence electrons. The topological polar surface area (TPSA) is 30.5 Å². The average molecular weight is 241 g/mol. The third-order valence-electron chi connectivity index (χ3n) is 2.65. The molecule has 17 heavy (non-hydrogen) atoms. The predicted octanol–water partition coefficient (Wildman–Crippen LogP) is 2.92. The number of anilines is 1. The highest BCUT2D eigenvalue weighted by atomic mass is 19.1. The Morgan fingerprint density at radius 2 is 2.00 bits per heavy atom. The van der Waals surface area contributed by atoms with Gasteiger partial charge in [-0.15, -0.1) is 0 Å². The number of nitrogens with one attached hydrogen (secondary N) is 1. The molecule has 1 N–H and O–H groups in total. The summed E-state index contributed by atoms with van der Waals surface area (Å²) in [5.74, 6) is 0.293. The molecule has 0 saturated carbocycles. The van der Waals surface area contributed by atoms with Crippen LogP contribution in [-0.2, 0) is 4.74 Å². The molecule has 0 saturated heterocycles. The van der Waals surface area contributed by atoms with Gasteiger partial charge in [0.05, 0.1) is 19.8 Å². The van der Waals surface area contributed by atoms with Gasteiger partial charge in [-0.05, 0) is 18.1 Å². The Morgan fingerprint density at radius 1 is 1.29 bits per heavy atom. The highest BCUT2D eigenvalue weighted by molar-refractivity contribution is 5.48. The van der Waals surface area contributed by atoms with Crippen LogP contribution in [0.15, 0.2) is 18.2 Å². The molecule has 0 bridgehead atoms. The Labute approximate surface area is 102 Å². The summed E-state index contributed by atoms with van der Waals surface area (Å²) in [6.07, 6.45) is 0. The second-order valence-electron chi connectivity index (χ2n) is 4.30. The van der Waals surface area contributed by atoms with Crippen LogP contribution in [0.2, 0.25) is 0 Å². The quantitative estimate of drug-likeness (QED) is 0.830. The number of rotatable bonds is 6. The summed E-state index contributed by atoms with van der Waals surface area (Å²) < 4.78 is 23.5. The van der Waals surface area contributed by atoms with Gasteiger partial charge in [-0.3, -0.25) is 0 Å². The lowest BCUT2D eigenvalue weighted by Gasteiger charge is -2.22. The van der Waals surface area contributed by atoms with Gasteiger partial charge >= 0.3 is 0 Å². The lowest BCUT2D eigenvalue weighted by atomic mass is 10.1. The molecule has 0 aliphatic carbocycles. The predicted molar refractivity (Wildman–Crippen MR) is 67.1 cm³/mol. The molecule has 1 aromatic carbocycles. The SMILES string of the molecule is COCC(Nc1ccc(OC)c(F)c1)C(C)C. The summed E-state index contributed by atoms with van der Waals surface area (Å²) in [6, 6.07) is 5.01. The van der Waals surface area contributed by atoms with Gasteiger partial charge in [0.1, 0.15) is 0 Å². The van der Waals surface area contributed by atoms with E-state index in [-0.39, 0.29) is 17.6 Å². The second kappa shape index (κ2) is 6.45. The average Bonchev–Trinajstić information content (AvgIpc) is 2.28. The van der Waals surface area contributed by atoms with E-state index in [9.17, 15) is 4.39 Å². The summed E-state index contributed by atoms with van der Waals surface area (Å²) in [7, 11) is 3.11. The van der Waals surface area contributed by atoms with Crippen molar-refractivity contribution >= 4 is 5.69 Å². The number of halogens is 1. The summed E-state index contributed by atoms with van der Waals surface area (Å²) >= 11 is 0. The van der Waals surface area contributed by atoms with E-state index in [1.807, 2.05) is 0 Å². The van der Waals surface area contributed by atoms with Gasteiger partial charge in [0.2, 0.25) is 0 Å². The molecule has 0 radical (unpaired) electrons. The van der Waals surface area contributed by atoms with E-state index in [1.165, 1.54) is 13.2 Å². The first kappa shape index (κ1) is 13.8. The molecule has 1 unspecified atom stereocenters. The molecule has 0 aliphatic heterocycles. The maximum Gasteiger partial charge on any atom is 0.167 e. The van der Waals surface area contributed by atoms with E-state index in [0.717, 1.165) is 5.69 Å². The summed E-state index contributed by atoms with van der Waals surface area (Å²) in [5.41, 5.74) is 0.735. The standard InChI is InChI=1S/C13H20FNO2/c1-9(2)12(8-16-3)15-10-5-6-13(17-4)11(14)7-10/h5-7,9,12,15H,8H2,1-4H3. The van der Waals surface area contributed by atoms with Crippen LogP contribution in [0.25, 0.3) is 0 Å². The van der Waals surface area contributed by atoms with Crippen LogP contribution in [0, 0.1) is 11.7 Å². The first-order chi connectivity index (χ1) is 8.08. The van der Waals surface area contributed by atoms with E-state index >= 15 is 0 Å². The van der Waals surface area contributed by atoms with Crippen molar-refractivity contribution in [3.8, 4) is 5.75 Å². The molecule has 4 heteroatoms. The molecule has 0 fully saturated rings. The van der Waals surface area contributed by atoms with Gasteiger partial charge in [0.15, 0.2) is 11.6 Å². The van der Waals surface area contributed by atoms with Crippen molar-refractivity contribution < 1.29 is 13.9 Å². The van der Waals surface area contributed by atoms with Crippen molar-refractivity contribution in [1.82, 2.24) is 0 Å². The number of ether oxygens (including phenoxy) is 2. The van der Waals surface area contributed by atoms with Crippen molar-refractivity contribution in [3.05, 3.63) is 24.0 Å². The Morgan fingerprint density at radius 3 is 2.47 bits per heavy atom. The number of hydrogen-bond donors (Lipinski definition) is 1. The van der Waals surface area contributed by atoms with E-state index in [0.29, 0.717) is 12.5 Å². The normalized spacial score (nSPS) is 12.6. The van der Waals surface area contributed by atoms with Crippen molar-refractivity contribution in [2.45, 2.75) is 19.9 Å². The Hall–Kier alpha value is -1.29. The lowest BCUT2D eigenvalue weighted by Crippen LogP contribution is -2.30. The maximum atomic E-state index is 13.5. The highest BCUT2D eigenvalue weighted by Crippen LogP contribution is 2.22. The minimum absolute atomic E-state index is 0.160. The first-order valence-corrected chi connectivity index (χ1v) is 5.67. The maximum absolute atomic E-state index is 13.5. The number of hydrogen-bond acceptors (Lipinski definition) is 3. The summed E-state index contributed by atoms with van der Waals surface area (Å²) in [4.78, 5) is 0. The molecule has 0 heterocycles. The third kappa shape index (κ3) is 3.89. The van der Waals surface area contributed by atoms with Crippen LogP contribution in [0.5, 0.6) is 5.75 Å². The van der Waals surface area contributed by atoms with E-state index in [4.69, 9.17) is 9.47 Å². The zero-order chi connectivity index (χ0) is 12.8. The third-order valence-corrected chi connectivity index (χ3v) is 2.65. The van der Waals surface area contributed by atoms with E-state index in [2.05, 4.69) is 19.2 Å². The Kier molecular flexibility index (Phi) is 5.22. The molecule has 0 aliphatic rings. The fourth-order valence-electron chi connectivity index (χ4n) is 1.55. The molecule has 1 aromatic rings. The lowest BCUT2D eigenvalue weighted by molar-refractivity contribution is 0.171. The minimum Gasteiger partial charge on any atom is -0.494 e. The molecule has 1 rings (SSSR count). The molecule has 3 nitrogen and oxygen atoms in total. The van der Waals surface area contributed by atoms with Crippen LogP contribution in [0.3, 0.4) is 0 Å². The van der Waals surface area contributed by atoms with Crippen molar-refractivity contribution in [1.29, 1.82) is 0 Å². The zero-order valence-corrected chi connectivity index (χ0v) is 10.8. The van der Waals surface area contributed by atoms with Gasteiger partial charge < -0.3 is 14.8 Å².